The van der Waals surface area contributed by atoms with Crippen LogP contribution in [-0.4, -0.2) is 45.1 Å². The van der Waals surface area contributed by atoms with Crippen LogP contribution in [0.1, 0.15) is 12.5 Å². The number of hydrogen-bond acceptors (Lipinski definition) is 5. The average molecular weight is 335 g/mol. The van der Waals surface area contributed by atoms with Crippen molar-refractivity contribution in [1.29, 1.82) is 0 Å². The number of para-hydroxylation sites is 1. The Kier molecular flexibility index (Phi) is 5.75. The zero-order valence-corrected chi connectivity index (χ0v) is 13.4. The van der Waals surface area contributed by atoms with Gasteiger partial charge in [-0.15, -0.1) is 0 Å². The van der Waals surface area contributed by atoms with Crippen molar-refractivity contribution in [3.05, 3.63) is 40.9 Å². The summed E-state index contributed by atoms with van der Waals surface area (Å²) in [4.78, 5) is 39.7. The molecule has 23 heavy (non-hydrogen) atoms. The highest BCUT2D eigenvalue weighted by Gasteiger charge is 2.22. The van der Waals surface area contributed by atoms with Gasteiger partial charge in [-0.1, -0.05) is 12.1 Å². The minimum absolute atomic E-state index is 0.313. The second kappa shape index (κ2) is 7.77. The van der Waals surface area contributed by atoms with E-state index in [0.29, 0.717) is 23.1 Å². The van der Waals surface area contributed by atoms with Crippen LogP contribution in [0.4, 0.5) is 0 Å². The molecule has 7 nitrogen and oxygen atoms in total. The van der Waals surface area contributed by atoms with E-state index in [2.05, 4.69) is 10.3 Å². The molecule has 122 valence electrons. The SMILES string of the molecule is CSCC[C@@H](C(=O)NCC(=O)O)n1cnc2ccccc2c1=O. The van der Waals surface area contributed by atoms with E-state index in [0.717, 1.165) is 0 Å². The fourth-order valence-corrected chi connectivity index (χ4v) is 2.67. The van der Waals surface area contributed by atoms with Crippen molar-refractivity contribution >= 4 is 34.5 Å². The number of nitrogens with one attached hydrogen (secondary N) is 1. The summed E-state index contributed by atoms with van der Waals surface area (Å²) in [6, 6.07) is 6.11. The maximum absolute atomic E-state index is 12.6. The molecule has 1 amide bonds. The maximum Gasteiger partial charge on any atom is 0.322 e. The van der Waals surface area contributed by atoms with E-state index in [1.165, 1.54) is 10.9 Å². The van der Waals surface area contributed by atoms with Crippen LogP contribution in [0.15, 0.2) is 35.4 Å². The largest absolute Gasteiger partial charge is 0.480 e. The molecule has 8 heteroatoms. The molecule has 2 aromatic rings. The van der Waals surface area contributed by atoms with E-state index >= 15 is 0 Å². The highest BCUT2D eigenvalue weighted by molar-refractivity contribution is 7.98. The molecule has 1 aromatic heterocycles. The van der Waals surface area contributed by atoms with Crippen LogP contribution in [0.5, 0.6) is 0 Å². The topological polar surface area (TPSA) is 101 Å². The van der Waals surface area contributed by atoms with E-state index < -0.39 is 24.5 Å². The number of carbonyl (C=O) groups excluding carboxylic acids is 1. The Morgan fingerprint density at radius 3 is 2.83 bits per heavy atom. The molecule has 0 fully saturated rings. The Morgan fingerprint density at radius 2 is 2.13 bits per heavy atom. The van der Waals surface area contributed by atoms with Crippen molar-refractivity contribution in [3.8, 4) is 0 Å². The summed E-state index contributed by atoms with van der Waals surface area (Å²) in [5.74, 6) is -0.976. The summed E-state index contributed by atoms with van der Waals surface area (Å²) in [6.45, 7) is -0.482. The van der Waals surface area contributed by atoms with Crippen molar-refractivity contribution in [2.75, 3.05) is 18.6 Å². The number of nitrogens with zero attached hydrogens (tertiary/aromatic N) is 2. The number of carboxylic acids is 1. The Morgan fingerprint density at radius 1 is 1.39 bits per heavy atom. The van der Waals surface area contributed by atoms with Gasteiger partial charge in [-0.05, 0) is 30.6 Å². The summed E-state index contributed by atoms with van der Waals surface area (Å²) >= 11 is 1.54. The van der Waals surface area contributed by atoms with Crippen LogP contribution in [0, 0.1) is 0 Å². The van der Waals surface area contributed by atoms with Crippen LogP contribution in [0.3, 0.4) is 0 Å². The number of rotatable bonds is 7. The lowest BCUT2D eigenvalue weighted by Gasteiger charge is -2.18. The average Bonchev–Trinajstić information content (AvgIpc) is 2.55. The summed E-state index contributed by atoms with van der Waals surface area (Å²) in [6.07, 6.45) is 3.65. The fourth-order valence-electron chi connectivity index (χ4n) is 2.21. The first-order valence-corrected chi connectivity index (χ1v) is 8.38. The molecular formula is C15H17N3O4S. The molecular weight excluding hydrogens is 318 g/mol. The van der Waals surface area contributed by atoms with Gasteiger partial charge >= 0.3 is 5.97 Å². The molecule has 1 atom stereocenters. The van der Waals surface area contributed by atoms with Crippen LogP contribution in [-0.2, 0) is 9.59 Å². The predicted octanol–water partition coefficient (Wildman–Crippen LogP) is 0.891. The number of thioether (sulfide) groups is 1. The van der Waals surface area contributed by atoms with Crippen LogP contribution >= 0.6 is 11.8 Å². The number of aliphatic carboxylic acids is 1. The third kappa shape index (κ3) is 4.10. The van der Waals surface area contributed by atoms with Crippen LogP contribution in [0.2, 0.25) is 0 Å². The summed E-state index contributed by atoms with van der Waals surface area (Å²) in [5.41, 5.74) is 0.246. The molecule has 1 heterocycles. The van der Waals surface area contributed by atoms with Gasteiger partial charge in [0.1, 0.15) is 12.6 Å². The van der Waals surface area contributed by atoms with Gasteiger partial charge < -0.3 is 10.4 Å². The predicted molar refractivity (Wildman–Crippen MR) is 88.7 cm³/mol. The first-order valence-electron chi connectivity index (χ1n) is 6.99. The van der Waals surface area contributed by atoms with Gasteiger partial charge in [0.2, 0.25) is 5.91 Å². The Bertz CT molecular complexity index is 775. The number of aromatic nitrogens is 2. The first-order chi connectivity index (χ1) is 11.0. The number of fused-ring (bicyclic) bond motifs is 1. The van der Waals surface area contributed by atoms with Crippen LogP contribution < -0.4 is 10.9 Å². The zero-order chi connectivity index (χ0) is 16.8. The summed E-state index contributed by atoms with van der Waals surface area (Å²) < 4.78 is 1.27. The van der Waals surface area contributed by atoms with E-state index in [4.69, 9.17) is 5.11 Å². The molecule has 0 radical (unpaired) electrons. The number of benzene rings is 1. The van der Waals surface area contributed by atoms with Crippen molar-refractivity contribution < 1.29 is 14.7 Å². The highest BCUT2D eigenvalue weighted by Crippen LogP contribution is 2.14. The van der Waals surface area contributed by atoms with Crippen LogP contribution in [0.25, 0.3) is 10.9 Å². The quantitative estimate of drug-likeness (QED) is 0.779. The van der Waals surface area contributed by atoms with Gasteiger partial charge in [-0.3, -0.25) is 19.0 Å². The van der Waals surface area contributed by atoms with Crippen molar-refractivity contribution in [2.45, 2.75) is 12.5 Å². The van der Waals surface area contributed by atoms with Gasteiger partial charge in [0, 0.05) is 0 Å². The molecule has 0 aliphatic rings. The summed E-state index contributed by atoms with van der Waals surface area (Å²) in [5, 5.41) is 11.4. The Hall–Kier alpha value is -2.35. The van der Waals surface area contributed by atoms with Gasteiger partial charge in [-0.2, -0.15) is 11.8 Å². The molecule has 0 bridgehead atoms. The maximum atomic E-state index is 12.6. The van der Waals surface area contributed by atoms with E-state index in [-0.39, 0.29) is 5.56 Å². The molecule has 2 rings (SSSR count). The van der Waals surface area contributed by atoms with Crippen molar-refractivity contribution in [1.82, 2.24) is 14.9 Å². The fraction of sp³-hybridized carbons (Fsp3) is 0.333. The monoisotopic (exact) mass is 335 g/mol. The number of carbonyl (C=O) groups is 2. The highest BCUT2D eigenvalue weighted by atomic mass is 32.2. The minimum Gasteiger partial charge on any atom is -0.480 e. The lowest BCUT2D eigenvalue weighted by atomic mass is 10.2. The minimum atomic E-state index is -1.13. The Labute approximate surface area is 136 Å². The third-order valence-electron chi connectivity index (χ3n) is 3.34. The number of carboxylic acid groups (broad SMARTS) is 1. The molecule has 0 spiro atoms. The third-order valence-corrected chi connectivity index (χ3v) is 3.98. The molecule has 0 saturated heterocycles. The lowest BCUT2D eigenvalue weighted by Crippen LogP contribution is -2.39. The van der Waals surface area contributed by atoms with Gasteiger partial charge in [-0.25, -0.2) is 4.98 Å². The second-order valence-corrected chi connectivity index (χ2v) is 5.87. The van der Waals surface area contributed by atoms with Crippen molar-refractivity contribution in [2.24, 2.45) is 0 Å². The second-order valence-electron chi connectivity index (χ2n) is 4.88. The van der Waals surface area contributed by atoms with E-state index in [1.54, 1.807) is 36.0 Å². The zero-order valence-electron chi connectivity index (χ0n) is 12.6. The number of amides is 1. The summed E-state index contributed by atoms with van der Waals surface area (Å²) in [7, 11) is 0. The standard InChI is InChI=1S/C15H17N3O4S/c1-23-7-6-12(14(21)16-8-13(19)20)18-9-17-11-5-3-2-4-10(11)15(18)22/h2-5,9,12H,6-8H2,1H3,(H,16,21)(H,19,20)/t12-/m0/s1. The first kappa shape index (κ1) is 17.0. The van der Waals surface area contributed by atoms with Gasteiger partial charge in [0.25, 0.3) is 5.56 Å². The number of hydrogen-bond donors (Lipinski definition) is 2. The van der Waals surface area contributed by atoms with Crippen molar-refractivity contribution in [3.63, 3.8) is 0 Å². The normalized spacial score (nSPS) is 12.0. The molecule has 2 N–H and O–H groups in total. The van der Waals surface area contributed by atoms with Gasteiger partial charge in [0.05, 0.1) is 17.2 Å². The van der Waals surface area contributed by atoms with E-state index in [1.807, 2.05) is 6.26 Å². The molecule has 0 saturated carbocycles. The lowest BCUT2D eigenvalue weighted by molar-refractivity contribution is -0.138. The molecule has 0 aliphatic heterocycles. The smallest absolute Gasteiger partial charge is 0.322 e. The molecule has 0 aliphatic carbocycles. The van der Waals surface area contributed by atoms with Gasteiger partial charge in [0.15, 0.2) is 0 Å². The van der Waals surface area contributed by atoms with E-state index in [9.17, 15) is 14.4 Å². The molecule has 0 unspecified atom stereocenters. The molecule has 1 aromatic carbocycles. The Balaban J connectivity index is 2.38.